The summed E-state index contributed by atoms with van der Waals surface area (Å²) in [5, 5.41) is 4.33. The molecule has 8 heteroatoms. The first kappa shape index (κ1) is 18.9. The van der Waals surface area contributed by atoms with Crippen molar-refractivity contribution in [2.45, 2.75) is 32.5 Å². The molecule has 2 rings (SSSR count). The predicted molar refractivity (Wildman–Crippen MR) is 89.9 cm³/mol. The normalized spacial score (nSPS) is 11.8. The van der Waals surface area contributed by atoms with E-state index in [0.29, 0.717) is 6.42 Å². The fourth-order valence-electron chi connectivity index (χ4n) is 1.99. The highest BCUT2D eigenvalue weighted by Gasteiger charge is 2.20. The molecule has 1 atom stereocenters. The summed E-state index contributed by atoms with van der Waals surface area (Å²) < 4.78 is 34.1. The van der Waals surface area contributed by atoms with E-state index in [1.807, 2.05) is 17.5 Å². The first-order valence-electron chi connectivity index (χ1n) is 7.52. The monoisotopic (exact) mass is 369 g/mol. The highest BCUT2D eigenvalue weighted by Crippen LogP contribution is 2.25. The van der Waals surface area contributed by atoms with Crippen molar-refractivity contribution in [3.63, 3.8) is 0 Å². The number of para-hydroxylation sites is 2. The summed E-state index contributed by atoms with van der Waals surface area (Å²) in [6, 6.07) is 9.59. The van der Waals surface area contributed by atoms with Gasteiger partial charge in [0.2, 0.25) is 0 Å². The van der Waals surface area contributed by atoms with Crippen molar-refractivity contribution in [1.29, 1.82) is 0 Å². The highest BCUT2D eigenvalue weighted by atomic mass is 32.1. The minimum Gasteiger partial charge on any atom is -0.453 e. The SMILES string of the molecule is C[C@@H](OC(=O)CCc1cccs1)C(=O)Nc1ccccc1OC(F)F. The largest absolute Gasteiger partial charge is 0.453 e. The molecule has 1 aromatic carbocycles. The number of anilines is 1. The summed E-state index contributed by atoms with van der Waals surface area (Å²) in [5.74, 6) is -1.30. The zero-order valence-corrected chi connectivity index (χ0v) is 14.2. The molecule has 1 heterocycles. The maximum absolute atomic E-state index is 12.4. The third-order valence-electron chi connectivity index (χ3n) is 3.19. The Hall–Kier alpha value is -2.48. The Morgan fingerprint density at radius 1 is 1.20 bits per heavy atom. The van der Waals surface area contributed by atoms with Gasteiger partial charge in [-0.15, -0.1) is 11.3 Å². The van der Waals surface area contributed by atoms with Gasteiger partial charge in [-0.25, -0.2) is 0 Å². The van der Waals surface area contributed by atoms with E-state index in [1.165, 1.54) is 36.5 Å². The third kappa shape index (κ3) is 6.15. The average Bonchev–Trinajstić information content (AvgIpc) is 3.07. The van der Waals surface area contributed by atoms with E-state index in [4.69, 9.17) is 4.74 Å². The minimum atomic E-state index is -3.01. The molecular weight excluding hydrogens is 352 g/mol. The van der Waals surface area contributed by atoms with Crippen LogP contribution >= 0.6 is 11.3 Å². The van der Waals surface area contributed by atoms with Crippen LogP contribution in [0.5, 0.6) is 5.75 Å². The summed E-state index contributed by atoms with van der Waals surface area (Å²) >= 11 is 1.54. The molecule has 5 nitrogen and oxygen atoms in total. The maximum Gasteiger partial charge on any atom is 0.387 e. The van der Waals surface area contributed by atoms with E-state index in [-0.39, 0.29) is 17.9 Å². The summed E-state index contributed by atoms with van der Waals surface area (Å²) in [4.78, 5) is 24.9. The lowest BCUT2D eigenvalue weighted by molar-refractivity contribution is -0.153. The van der Waals surface area contributed by atoms with Crippen LogP contribution in [-0.2, 0) is 20.7 Å². The number of ether oxygens (including phenoxy) is 2. The molecule has 134 valence electrons. The summed E-state index contributed by atoms with van der Waals surface area (Å²) in [7, 11) is 0. The Kier molecular flexibility index (Phi) is 6.88. The van der Waals surface area contributed by atoms with Crippen molar-refractivity contribution in [1.82, 2.24) is 0 Å². The number of rotatable bonds is 8. The molecular formula is C17H17F2NO4S. The van der Waals surface area contributed by atoms with Crippen LogP contribution in [0.4, 0.5) is 14.5 Å². The standard InChI is InChI=1S/C17H17F2NO4S/c1-11(23-15(21)9-8-12-5-4-10-25-12)16(22)20-13-6-2-3-7-14(13)24-17(18)19/h2-7,10-11,17H,8-9H2,1H3,(H,20,22)/t11-/m1/s1. The Morgan fingerprint density at radius 3 is 2.64 bits per heavy atom. The van der Waals surface area contributed by atoms with Gasteiger partial charge in [0.15, 0.2) is 6.10 Å². The number of thiophene rings is 1. The molecule has 0 saturated carbocycles. The molecule has 1 N–H and O–H groups in total. The van der Waals surface area contributed by atoms with Crippen molar-refractivity contribution < 1.29 is 27.8 Å². The fourth-order valence-corrected chi connectivity index (χ4v) is 2.70. The number of hydrogen-bond donors (Lipinski definition) is 1. The van der Waals surface area contributed by atoms with Gasteiger partial charge in [0.05, 0.1) is 12.1 Å². The predicted octanol–water partition coefficient (Wildman–Crippen LogP) is 3.85. The molecule has 1 aromatic heterocycles. The number of alkyl halides is 2. The summed E-state index contributed by atoms with van der Waals surface area (Å²) in [6.07, 6.45) is -0.366. The average molecular weight is 369 g/mol. The van der Waals surface area contributed by atoms with Gasteiger partial charge >= 0.3 is 12.6 Å². The van der Waals surface area contributed by atoms with Crippen molar-refractivity contribution in [2.24, 2.45) is 0 Å². The van der Waals surface area contributed by atoms with E-state index in [9.17, 15) is 18.4 Å². The second-order valence-electron chi connectivity index (χ2n) is 5.08. The lowest BCUT2D eigenvalue weighted by Crippen LogP contribution is -2.30. The van der Waals surface area contributed by atoms with Gasteiger partial charge in [-0.3, -0.25) is 9.59 Å². The van der Waals surface area contributed by atoms with Crippen molar-refractivity contribution in [2.75, 3.05) is 5.32 Å². The molecule has 2 aromatic rings. The molecule has 0 aliphatic heterocycles. The molecule has 0 spiro atoms. The Morgan fingerprint density at radius 2 is 1.96 bits per heavy atom. The first-order valence-corrected chi connectivity index (χ1v) is 8.40. The van der Waals surface area contributed by atoms with Crippen LogP contribution in [0.3, 0.4) is 0 Å². The second kappa shape index (κ2) is 9.12. The molecule has 0 fully saturated rings. The van der Waals surface area contributed by atoms with Crippen molar-refractivity contribution in [3.05, 3.63) is 46.7 Å². The molecule has 0 aliphatic carbocycles. The van der Waals surface area contributed by atoms with E-state index in [2.05, 4.69) is 10.1 Å². The number of hydrogen-bond acceptors (Lipinski definition) is 5. The summed E-state index contributed by atoms with van der Waals surface area (Å²) in [5.41, 5.74) is 0.0780. The zero-order valence-electron chi connectivity index (χ0n) is 13.4. The van der Waals surface area contributed by atoms with Crippen LogP contribution < -0.4 is 10.1 Å². The van der Waals surface area contributed by atoms with Crippen LogP contribution in [0.15, 0.2) is 41.8 Å². The number of nitrogens with one attached hydrogen (secondary N) is 1. The van der Waals surface area contributed by atoms with Crippen LogP contribution in [0, 0.1) is 0 Å². The number of aryl methyl sites for hydroxylation is 1. The lowest BCUT2D eigenvalue weighted by atomic mass is 10.2. The Bertz CT molecular complexity index is 706. The first-order chi connectivity index (χ1) is 12.0. The smallest absolute Gasteiger partial charge is 0.387 e. The second-order valence-corrected chi connectivity index (χ2v) is 6.11. The van der Waals surface area contributed by atoms with Crippen molar-refractivity contribution in [3.8, 4) is 5.75 Å². The Labute approximate surface area is 147 Å². The van der Waals surface area contributed by atoms with Gasteiger partial charge in [-0.1, -0.05) is 18.2 Å². The number of esters is 1. The van der Waals surface area contributed by atoms with Crippen molar-refractivity contribution >= 4 is 28.9 Å². The van der Waals surface area contributed by atoms with Crippen LogP contribution in [0.2, 0.25) is 0 Å². The number of halogens is 2. The molecule has 1 amide bonds. The molecule has 25 heavy (non-hydrogen) atoms. The molecule has 0 saturated heterocycles. The topological polar surface area (TPSA) is 64.6 Å². The van der Waals surface area contributed by atoms with Crippen LogP contribution in [-0.4, -0.2) is 24.6 Å². The van der Waals surface area contributed by atoms with Gasteiger partial charge < -0.3 is 14.8 Å². The Balaban J connectivity index is 1.86. The van der Waals surface area contributed by atoms with E-state index in [0.717, 1.165) is 4.88 Å². The van der Waals surface area contributed by atoms with Gasteiger partial charge in [0.25, 0.3) is 5.91 Å². The van der Waals surface area contributed by atoms with E-state index in [1.54, 1.807) is 6.07 Å². The van der Waals surface area contributed by atoms with E-state index < -0.39 is 24.6 Å². The number of benzene rings is 1. The molecule has 0 unspecified atom stereocenters. The van der Waals surface area contributed by atoms with Crippen LogP contribution in [0.25, 0.3) is 0 Å². The van der Waals surface area contributed by atoms with Crippen LogP contribution in [0.1, 0.15) is 18.2 Å². The molecule has 0 aliphatic rings. The van der Waals surface area contributed by atoms with Gasteiger partial charge in [-0.2, -0.15) is 8.78 Å². The highest BCUT2D eigenvalue weighted by molar-refractivity contribution is 7.09. The number of carbonyl (C=O) groups is 2. The zero-order chi connectivity index (χ0) is 18.2. The lowest BCUT2D eigenvalue weighted by Gasteiger charge is -2.15. The third-order valence-corrected chi connectivity index (χ3v) is 4.13. The molecule has 0 radical (unpaired) electrons. The van der Waals surface area contributed by atoms with Gasteiger partial charge in [0.1, 0.15) is 5.75 Å². The van der Waals surface area contributed by atoms with Gasteiger partial charge in [-0.05, 0) is 36.9 Å². The molecule has 0 bridgehead atoms. The number of amides is 1. The maximum atomic E-state index is 12.4. The minimum absolute atomic E-state index is 0.0780. The quantitative estimate of drug-likeness (QED) is 0.718. The summed E-state index contributed by atoms with van der Waals surface area (Å²) in [6.45, 7) is -1.60. The van der Waals surface area contributed by atoms with Gasteiger partial charge in [0, 0.05) is 4.88 Å². The number of carbonyl (C=O) groups excluding carboxylic acids is 2. The fraction of sp³-hybridized carbons (Fsp3) is 0.294. The van der Waals surface area contributed by atoms with E-state index >= 15 is 0 Å².